The number of hydrogen-bond donors (Lipinski definition) is 3. The number of carboxylic acids is 1. The molecule has 4 N–H and O–H groups in total. The van der Waals surface area contributed by atoms with Crippen LogP contribution in [0.4, 0.5) is 9.52 Å². The minimum Gasteiger partial charge on any atom is -0.477 e. The smallest absolute Gasteiger partial charge is 0.352 e. The van der Waals surface area contributed by atoms with Gasteiger partial charge in [-0.2, -0.15) is 9.36 Å². The van der Waals surface area contributed by atoms with E-state index in [1.165, 1.54) is 40.3 Å². The number of nitrogens with zero attached hydrogens (tertiary/aromatic N) is 8. The van der Waals surface area contributed by atoms with E-state index >= 15 is 0 Å². The molecule has 4 heterocycles. The van der Waals surface area contributed by atoms with Gasteiger partial charge in [-0.25, -0.2) is 13.9 Å². The van der Waals surface area contributed by atoms with E-state index in [-0.39, 0.29) is 39.6 Å². The van der Waals surface area contributed by atoms with E-state index in [0.29, 0.717) is 17.3 Å². The number of oxime groups is 1. The average Bonchev–Trinajstić information content (AvgIpc) is 3.59. The number of rotatable bonds is 11. The molecular weight excluding hydrogens is 600 g/mol. The molecule has 2 atom stereocenters. The second kappa shape index (κ2) is 12.0. The summed E-state index contributed by atoms with van der Waals surface area (Å²) in [6.45, 7) is 4.03. The van der Waals surface area contributed by atoms with Crippen molar-refractivity contribution in [3.05, 3.63) is 59.8 Å². The molecule has 1 aromatic carbocycles. The van der Waals surface area contributed by atoms with Crippen LogP contribution in [0.1, 0.15) is 5.82 Å². The van der Waals surface area contributed by atoms with E-state index < -0.39 is 35.0 Å². The number of thioether (sulfide) groups is 2. The summed E-state index contributed by atoms with van der Waals surface area (Å²) in [6, 6.07) is 3.85. The predicted octanol–water partition coefficient (Wildman–Crippen LogP) is 0.746. The second-order valence-corrected chi connectivity index (χ2v) is 11.1. The first kappa shape index (κ1) is 28.2. The van der Waals surface area contributed by atoms with Crippen LogP contribution in [0, 0.1) is 5.82 Å². The summed E-state index contributed by atoms with van der Waals surface area (Å²) in [5.74, 6) is -2.71. The van der Waals surface area contributed by atoms with Crippen LogP contribution >= 0.6 is 35.1 Å². The molecule has 41 heavy (non-hydrogen) atoms. The zero-order valence-electron chi connectivity index (χ0n) is 20.7. The topological polar surface area (TPSA) is 204 Å². The van der Waals surface area contributed by atoms with Crippen molar-refractivity contribution in [2.75, 3.05) is 17.2 Å². The van der Waals surface area contributed by atoms with Gasteiger partial charge in [0.2, 0.25) is 16.7 Å². The van der Waals surface area contributed by atoms with Gasteiger partial charge in [0, 0.05) is 23.0 Å². The number of halogens is 1. The number of nitrogens with one attached hydrogen (secondary N) is 1. The molecule has 15 nitrogen and oxygen atoms in total. The Kier molecular flexibility index (Phi) is 8.26. The number of allylic oxidation sites excluding steroid dienone is 1. The average molecular weight is 619 g/mol. The number of carboxylic acid groups (broad SMARTS) is 1. The highest BCUT2D eigenvalue weighted by Crippen LogP contribution is 2.41. The van der Waals surface area contributed by atoms with Gasteiger partial charge in [0.15, 0.2) is 10.9 Å². The van der Waals surface area contributed by atoms with E-state index in [1.54, 1.807) is 6.08 Å². The standard InChI is InChI=1S/C22H19FN10O5S3/c1-2-7-32-22(27-30-31-32)40-9-10-8-39-19-14(18(35)33(19)15(10)20(36)37)25-17(34)13(16-26-21(24)41-29-16)28-38-12-5-3-11(23)4-6-12/h2-6,14,19H,1,7-9H2,(H,25,34)(H,36,37)(H2,24,26,29)/t14?,19-/m0/s1. The van der Waals surface area contributed by atoms with Crippen LogP contribution < -0.4 is 15.9 Å². The van der Waals surface area contributed by atoms with Gasteiger partial charge < -0.3 is 21.0 Å². The molecule has 0 aliphatic carbocycles. The molecule has 2 aliphatic heterocycles. The molecule has 1 saturated heterocycles. The summed E-state index contributed by atoms with van der Waals surface area (Å²) in [5, 5.41) is 27.6. The van der Waals surface area contributed by atoms with Crippen molar-refractivity contribution in [1.29, 1.82) is 0 Å². The number of benzene rings is 1. The highest BCUT2D eigenvalue weighted by Gasteiger charge is 2.54. The van der Waals surface area contributed by atoms with Crippen LogP contribution in [-0.4, -0.2) is 86.0 Å². The van der Waals surface area contributed by atoms with Gasteiger partial charge in [0.25, 0.3) is 11.8 Å². The largest absolute Gasteiger partial charge is 0.477 e. The summed E-state index contributed by atoms with van der Waals surface area (Å²) in [5.41, 5.74) is 5.64. The number of fused-ring (bicyclic) bond motifs is 1. The fourth-order valence-corrected chi connectivity index (χ4v) is 6.61. The summed E-state index contributed by atoms with van der Waals surface area (Å²) >= 11 is 3.35. The molecule has 0 saturated carbocycles. The van der Waals surface area contributed by atoms with Crippen LogP contribution in [0.3, 0.4) is 0 Å². The van der Waals surface area contributed by atoms with E-state index in [2.05, 4.69) is 41.9 Å². The SMILES string of the molecule is C=CCn1nnnc1SCC1=C(C(=O)O)N2C(=O)C(NC(=O)C(=NOc3ccc(F)cc3)c3nsc(N)n3)[C@@H]2SC1. The first-order valence-electron chi connectivity index (χ1n) is 11.6. The Labute approximate surface area is 242 Å². The van der Waals surface area contributed by atoms with Crippen LogP contribution in [0.25, 0.3) is 0 Å². The van der Waals surface area contributed by atoms with Crippen LogP contribution in [0.15, 0.2) is 58.5 Å². The van der Waals surface area contributed by atoms with Crippen molar-refractivity contribution in [3.63, 3.8) is 0 Å². The summed E-state index contributed by atoms with van der Waals surface area (Å²) in [6.07, 6.45) is 1.63. The molecule has 0 radical (unpaired) electrons. The Balaban J connectivity index is 1.31. The van der Waals surface area contributed by atoms with Gasteiger partial charge in [0.05, 0.1) is 6.54 Å². The number of nitrogen functional groups attached to an aromatic ring is 1. The second-order valence-electron chi connectivity index (χ2n) is 8.28. The Morgan fingerprint density at radius 3 is 2.83 bits per heavy atom. The number of amides is 2. The lowest BCUT2D eigenvalue weighted by atomic mass is 10.0. The number of carbonyl (C=O) groups is 3. The number of hydrogen-bond acceptors (Lipinski definition) is 14. The third kappa shape index (κ3) is 5.91. The zero-order chi connectivity index (χ0) is 29.1. The van der Waals surface area contributed by atoms with Crippen molar-refractivity contribution in [1.82, 2.24) is 39.8 Å². The Hall–Kier alpha value is -4.36. The lowest BCUT2D eigenvalue weighted by Gasteiger charge is -2.49. The highest BCUT2D eigenvalue weighted by atomic mass is 32.2. The molecule has 1 unspecified atom stereocenters. The molecule has 0 bridgehead atoms. The molecule has 19 heteroatoms. The van der Waals surface area contributed by atoms with Gasteiger partial charge in [-0.1, -0.05) is 23.0 Å². The summed E-state index contributed by atoms with van der Waals surface area (Å²) in [7, 11) is 0. The van der Waals surface area contributed by atoms with Crippen molar-refractivity contribution in [3.8, 4) is 5.75 Å². The first-order valence-corrected chi connectivity index (χ1v) is 14.4. The third-order valence-electron chi connectivity index (χ3n) is 5.64. The molecule has 3 aromatic rings. The molecule has 5 rings (SSSR count). The highest BCUT2D eigenvalue weighted by molar-refractivity contribution is 8.01. The summed E-state index contributed by atoms with van der Waals surface area (Å²) < 4.78 is 18.7. The molecule has 2 amide bonds. The van der Waals surface area contributed by atoms with Crippen molar-refractivity contribution < 1.29 is 28.7 Å². The normalized spacial score (nSPS) is 18.5. The fraction of sp³-hybridized carbons (Fsp3) is 0.227. The van der Waals surface area contributed by atoms with Crippen LogP contribution in [0.2, 0.25) is 0 Å². The molecule has 2 aliphatic rings. The van der Waals surface area contributed by atoms with Gasteiger partial charge in [-0.3, -0.25) is 14.5 Å². The number of aliphatic carboxylic acids is 1. The van der Waals surface area contributed by atoms with E-state index in [4.69, 9.17) is 10.6 Å². The van der Waals surface area contributed by atoms with Gasteiger partial charge in [-0.05, 0) is 40.3 Å². The van der Waals surface area contributed by atoms with Crippen molar-refractivity contribution >= 4 is 63.7 Å². The monoisotopic (exact) mass is 618 g/mol. The van der Waals surface area contributed by atoms with Gasteiger partial charge >= 0.3 is 5.97 Å². The number of carbonyl (C=O) groups excluding carboxylic acids is 2. The molecule has 1 fully saturated rings. The van der Waals surface area contributed by atoms with Gasteiger partial charge in [-0.15, -0.1) is 23.4 Å². The quantitative estimate of drug-likeness (QED) is 0.0893. The first-order chi connectivity index (χ1) is 19.8. The van der Waals surface area contributed by atoms with E-state index in [0.717, 1.165) is 28.6 Å². The third-order valence-corrected chi connectivity index (χ3v) is 8.56. The number of aromatic nitrogens is 6. The lowest BCUT2D eigenvalue weighted by Crippen LogP contribution is -2.71. The Morgan fingerprint density at radius 1 is 1.37 bits per heavy atom. The van der Waals surface area contributed by atoms with Gasteiger partial charge in [0.1, 0.15) is 22.9 Å². The number of β-lactam (4-membered cyclic amide) rings is 1. The predicted molar refractivity (Wildman–Crippen MR) is 146 cm³/mol. The van der Waals surface area contributed by atoms with Crippen LogP contribution in [0.5, 0.6) is 5.75 Å². The minimum absolute atomic E-state index is 0.0659. The van der Waals surface area contributed by atoms with E-state index in [9.17, 15) is 23.9 Å². The molecule has 212 valence electrons. The number of anilines is 1. The Morgan fingerprint density at radius 2 is 2.15 bits per heavy atom. The fourth-order valence-electron chi connectivity index (χ4n) is 3.80. The Bertz CT molecular complexity index is 1570. The summed E-state index contributed by atoms with van der Waals surface area (Å²) in [4.78, 5) is 48.9. The zero-order valence-corrected chi connectivity index (χ0v) is 23.2. The maximum atomic E-state index is 13.2. The lowest BCUT2D eigenvalue weighted by molar-refractivity contribution is -0.150. The minimum atomic E-state index is -1.27. The molecule has 2 aromatic heterocycles. The maximum Gasteiger partial charge on any atom is 0.352 e. The number of nitrogens with two attached hydrogens (primary N) is 1. The molecular formula is C22H19FN10O5S3. The van der Waals surface area contributed by atoms with Crippen molar-refractivity contribution in [2.24, 2.45) is 5.16 Å². The maximum absolute atomic E-state index is 13.2. The van der Waals surface area contributed by atoms with E-state index in [1.807, 2.05) is 0 Å². The molecule has 0 spiro atoms. The number of tetrazole rings is 1. The van der Waals surface area contributed by atoms with Crippen LogP contribution in [-0.2, 0) is 20.9 Å². The van der Waals surface area contributed by atoms with Crippen molar-refractivity contribution in [2.45, 2.75) is 23.1 Å².